The van der Waals surface area contributed by atoms with E-state index in [4.69, 9.17) is 5.73 Å². The van der Waals surface area contributed by atoms with E-state index in [0.717, 1.165) is 25.7 Å². The number of nitrogens with two attached hydrogens (primary N) is 1. The summed E-state index contributed by atoms with van der Waals surface area (Å²) in [4.78, 5) is 3.99. The summed E-state index contributed by atoms with van der Waals surface area (Å²) in [5.41, 5.74) is 5.84. The van der Waals surface area contributed by atoms with Gasteiger partial charge in [0.2, 0.25) is 10.0 Å². The van der Waals surface area contributed by atoms with Crippen molar-refractivity contribution in [3.63, 3.8) is 0 Å². The highest BCUT2D eigenvalue weighted by Gasteiger charge is 2.29. The molecule has 19 heavy (non-hydrogen) atoms. The molecule has 1 saturated carbocycles. The summed E-state index contributed by atoms with van der Waals surface area (Å²) in [6, 6.07) is 2.87. The maximum Gasteiger partial charge on any atom is 0.241 e. The Morgan fingerprint density at radius 2 is 2.00 bits per heavy atom. The van der Waals surface area contributed by atoms with Crippen LogP contribution >= 0.6 is 0 Å². The van der Waals surface area contributed by atoms with Crippen LogP contribution < -0.4 is 10.5 Å². The number of anilines is 1. The van der Waals surface area contributed by atoms with Crippen LogP contribution in [0, 0.1) is 5.41 Å². The Hall–Kier alpha value is -1.14. The van der Waals surface area contributed by atoms with Crippen LogP contribution in [0.1, 0.15) is 39.5 Å². The minimum Gasteiger partial charge on any atom is -0.384 e. The molecule has 0 amide bonds. The molecule has 1 aromatic heterocycles. The molecule has 0 aromatic carbocycles. The van der Waals surface area contributed by atoms with Crippen LogP contribution in [0.3, 0.4) is 0 Å². The zero-order chi connectivity index (χ0) is 14.1. The van der Waals surface area contributed by atoms with Crippen molar-refractivity contribution in [1.29, 1.82) is 0 Å². The number of hydrogen-bond donors (Lipinski definition) is 2. The van der Waals surface area contributed by atoms with Gasteiger partial charge in [0.1, 0.15) is 5.82 Å². The number of nitrogens with one attached hydrogen (secondary N) is 1. The molecule has 0 atom stereocenters. The van der Waals surface area contributed by atoms with Crippen molar-refractivity contribution in [3.05, 3.63) is 18.3 Å². The lowest BCUT2D eigenvalue weighted by atomic mass is 9.76. The van der Waals surface area contributed by atoms with Gasteiger partial charge in [-0.25, -0.2) is 18.1 Å². The monoisotopic (exact) mass is 283 g/mol. The van der Waals surface area contributed by atoms with Gasteiger partial charge in [-0.15, -0.1) is 0 Å². The second-order valence-electron chi connectivity index (χ2n) is 5.98. The van der Waals surface area contributed by atoms with Crippen molar-refractivity contribution in [2.45, 2.75) is 50.5 Å². The van der Waals surface area contributed by atoms with E-state index >= 15 is 0 Å². The van der Waals surface area contributed by atoms with E-state index in [1.165, 1.54) is 18.3 Å². The van der Waals surface area contributed by atoms with Gasteiger partial charge in [0.05, 0.1) is 4.90 Å². The highest BCUT2D eigenvalue weighted by atomic mass is 32.2. The van der Waals surface area contributed by atoms with Gasteiger partial charge < -0.3 is 5.73 Å². The molecular formula is C13H21N3O2S. The molecule has 0 radical (unpaired) electrons. The summed E-state index contributed by atoms with van der Waals surface area (Å²) in [6.45, 7) is 4.45. The molecule has 1 aliphatic rings. The quantitative estimate of drug-likeness (QED) is 0.887. The topological polar surface area (TPSA) is 85.1 Å². The summed E-state index contributed by atoms with van der Waals surface area (Å²) < 4.78 is 27.2. The zero-order valence-corrected chi connectivity index (χ0v) is 12.2. The van der Waals surface area contributed by atoms with Gasteiger partial charge in [0.15, 0.2) is 0 Å². The molecule has 2 rings (SSSR count). The van der Waals surface area contributed by atoms with Gasteiger partial charge in [-0.3, -0.25) is 0 Å². The molecule has 1 aromatic rings. The molecule has 0 spiro atoms. The van der Waals surface area contributed by atoms with E-state index in [1.807, 2.05) is 0 Å². The van der Waals surface area contributed by atoms with Gasteiger partial charge in [-0.2, -0.15) is 0 Å². The number of pyridine rings is 1. The van der Waals surface area contributed by atoms with Crippen LogP contribution in [0.25, 0.3) is 0 Å². The first-order valence-electron chi connectivity index (χ1n) is 6.52. The Morgan fingerprint density at radius 3 is 2.58 bits per heavy atom. The van der Waals surface area contributed by atoms with E-state index in [0.29, 0.717) is 5.41 Å². The molecule has 5 nitrogen and oxygen atoms in total. The first-order chi connectivity index (χ1) is 8.78. The lowest BCUT2D eigenvalue weighted by Crippen LogP contribution is -2.39. The number of nitrogen functional groups attached to an aromatic ring is 1. The molecule has 0 unspecified atom stereocenters. The smallest absolute Gasteiger partial charge is 0.241 e. The average molecular weight is 283 g/mol. The Kier molecular flexibility index (Phi) is 3.82. The second-order valence-corrected chi connectivity index (χ2v) is 7.69. The summed E-state index contributed by atoms with van der Waals surface area (Å²) >= 11 is 0. The third-order valence-electron chi connectivity index (χ3n) is 3.72. The number of aromatic nitrogens is 1. The molecular weight excluding hydrogens is 262 g/mol. The molecule has 1 aliphatic carbocycles. The molecule has 0 bridgehead atoms. The van der Waals surface area contributed by atoms with Crippen LogP contribution in [0.4, 0.5) is 5.82 Å². The third kappa shape index (κ3) is 3.67. The van der Waals surface area contributed by atoms with Crippen LogP contribution in [0.15, 0.2) is 23.2 Å². The fourth-order valence-electron chi connectivity index (χ4n) is 2.40. The zero-order valence-electron chi connectivity index (χ0n) is 11.4. The average Bonchev–Trinajstić information content (AvgIpc) is 2.32. The second kappa shape index (κ2) is 5.09. The lowest BCUT2D eigenvalue weighted by Gasteiger charge is -2.34. The van der Waals surface area contributed by atoms with Gasteiger partial charge >= 0.3 is 0 Å². The summed E-state index contributed by atoms with van der Waals surface area (Å²) in [7, 11) is -3.49. The minimum absolute atomic E-state index is 0.0208. The van der Waals surface area contributed by atoms with Gasteiger partial charge in [-0.05, 0) is 37.2 Å². The number of sulfonamides is 1. The molecule has 0 saturated heterocycles. The summed E-state index contributed by atoms with van der Waals surface area (Å²) in [6.07, 6.45) is 5.25. The van der Waals surface area contributed by atoms with Crippen molar-refractivity contribution in [2.24, 2.45) is 5.41 Å². The predicted molar refractivity (Wildman–Crippen MR) is 75.0 cm³/mol. The Labute approximate surface area is 114 Å². The van der Waals surface area contributed by atoms with Crippen LogP contribution in [0.2, 0.25) is 0 Å². The van der Waals surface area contributed by atoms with Gasteiger partial charge in [0, 0.05) is 18.3 Å². The van der Waals surface area contributed by atoms with Gasteiger partial charge in [0.25, 0.3) is 0 Å². The van der Waals surface area contributed by atoms with Crippen molar-refractivity contribution in [2.75, 3.05) is 5.73 Å². The molecule has 3 N–H and O–H groups in total. The maximum absolute atomic E-state index is 12.2. The standard InChI is InChI=1S/C13H21N3O2S/c1-13(2)6-3-10(4-7-13)16-19(17,18)11-5-8-15-12(14)9-11/h5,8-10,16H,3-4,6-7H2,1-2H3,(H2,14,15). The lowest BCUT2D eigenvalue weighted by molar-refractivity contribution is 0.218. The molecule has 0 aliphatic heterocycles. The van der Waals surface area contributed by atoms with E-state index in [-0.39, 0.29) is 16.8 Å². The van der Waals surface area contributed by atoms with Crippen LogP contribution in [-0.2, 0) is 10.0 Å². The van der Waals surface area contributed by atoms with Crippen molar-refractivity contribution < 1.29 is 8.42 Å². The highest BCUT2D eigenvalue weighted by molar-refractivity contribution is 7.89. The van der Waals surface area contributed by atoms with Crippen LogP contribution in [0.5, 0.6) is 0 Å². The first-order valence-corrected chi connectivity index (χ1v) is 8.01. The summed E-state index contributed by atoms with van der Waals surface area (Å²) in [5, 5.41) is 0. The normalized spacial score (nSPS) is 20.3. The number of rotatable bonds is 3. The predicted octanol–water partition coefficient (Wildman–Crippen LogP) is 1.91. The molecule has 1 fully saturated rings. The number of nitrogens with zero attached hydrogens (tertiary/aromatic N) is 1. The van der Waals surface area contributed by atoms with E-state index in [9.17, 15) is 8.42 Å². The highest BCUT2D eigenvalue weighted by Crippen LogP contribution is 2.35. The van der Waals surface area contributed by atoms with E-state index < -0.39 is 10.0 Å². The Morgan fingerprint density at radius 1 is 1.37 bits per heavy atom. The minimum atomic E-state index is -3.49. The Bertz CT molecular complexity index is 545. The fraction of sp³-hybridized carbons (Fsp3) is 0.615. The SMILES string of the molecule is CC1(C)CCC(NS(=O)(=O)c2ccnc(N)c2)CC1. The molecule has 1 heterocycles. The molecule has 6 heteroatoms. The van der Waals surface area contributed by atoms with Crippen molar-refractivity contribution >= 4 is 15.8 Å². The van der Waals surface area contributed by atoms with Crippen LogP contribution in [-0.4, -0.2) is 19.4 Å². The third-order valence-corrected chi connectivity index (χ3v) is 5.24. The summed E-state index contributed by atoms with van der Waals surface area (Å²) in [5.74, 6) is 0.215. The largest absolute Gasteiger partial charge is 0.384 e. The van der Waals surface area contributed by atoms with Crippen molar-refractivity contribution in [1.82, 2.24) is 9.71 Å². The van der Waals surface area contributed by atoms with Crippen molar-refractivity contribution in [3.8, 4) is 0 Å². The van der Waals surface area contributed by atoms with E-state index in [1.54, 1.807) is 0 Å². The molecule has 106 valence electrons. The van der Waals surface area contributed by atoms with E-state index in [2.05, 4.69) is 23.6 Å². The van der Waals surface area contributed by atoms with Gasteiger partial charge in [-0.1, -0.05) is 13.8 Å². The first kappa shape index (κ1) is 14.3. The number of hydrogen-bond acceptors (Lipinski definition) is 4. The fourth-order valence-corrected chi connectivity index (χ4v) is 3.73. The Balaban J connectivity index is 2.06. The maximum atomic E-state index is 12.2.